The standard InChI is InChI=1S/C23H26N2O4S/c1-15-6-9-20(16(2)10-15)25-22(27)13-30-14-23(28)29-12-21(26)24-19-8-7-17-4-3-5-18(17)11-19/h6-11H,3-5,12-14H2,1-2H3,(H,24,26)(H,25,27). The highest BCUT2D eigenvalue weighted by atomic mass is 32.2. The van der Waals surface area contributed by atoms with Crippen molar-refractivity contribution in [2.75, 3.05) is 28.7 Å². The average Bonchev–Trinajstić information content (AvgIpc) is 3.16. The molecule has 30 heavy (non-hydrogen) atoms. The lowest BCUT2D eigenvalue weighted by Gasteiger charge is -2.09. The van der Waals surface area contributed by atoms with Crippen molar-refractivity contribution in [3.05, 3.63) is 58.7 Å². The Balaban J connectivity index is 1.33. The molecule has 1 aliphatic carbocycles. The number of hydrogen-bond donors (Lipinski definition) is 2. The van der Waals surface area contributed by atoms with E-state index < -0.39 is 5.97 Å². The third kappa shape index (κ3) is 6.35. The lowest BCUT2D eigenvalue weighted by Crippen LogP contribution is -2.22. The number of carbonyl (C=O) groups is 3. The third-order valence-corrected chi connectivity index (χ3v) is 5.76. The van der Waals surface area contributed by atoms with Crippen LogP contribution in [0, 0.1) is 13.8 Å². The summed E-state index contributed by atoms with van der Waals surface area (Å²) in [5, 5.41) is 5.58. The van der Waals surface area contributed by atoms with E-state index in [0.717, 1.165) is 47.8 Å². The van der Waals surface area contributed by atoms with E-state index >= 15 is 0 Å². The van der Waals surface area contributed by atoms with Crippen LogP contribution in [0.3, 0.4) is 0 Å². The molecule has 158 valence electrons. The first kappa shape index (κ1) is 21.9. The maximum atomic E-state index is 12.0. The molecule has 0 spiro atoms. The van der Waals surface area contributed by atoms with Gasteiger partial charge in [-0.15, -0.1) is 11.8 Å². The fraction of sp³-hybridized carbons (Fsp3) is 0.348. The summed E-state index contributed by atoms with van der Waals surface area (Å²) in [6.45, 7) is 3.58. The Labute approximate surface area is 180 Å². The zero-order valence-corrected chi connectivity index (χ0v) is 18.1. The fourth-order valence-corrected chi connectivity index (χ4v) is 4.01. The molecule has 0 saturated heterocycles. The van der Waals surface area contributed by atoms with Crippen LogP contribution in [-0.2, 0) is 32.0 Å². The summed E-state index contributed by atoms with van der Waals surface area (Å²) >= 11 is 1.15. The van der Waals surface area contributed by atoms with E-state index in [4.69, 9.17) is 4.74 Å². The second kappa shape index (κ2) is 10.3. The van der Waals surface area contributed by atoms with Gasteiger partial charge in [0.25, 0.3) is 5.91 Å². The molecule has 2 N–H and O–H groups in total. The normalized spacial score (nSPS) is 12.2. The maximum Gasteiger partial charge on any atom is 0.316 e. The summed E-state index contributed by atoms with van der Waals surface area (Å²) in [5.74, 6) is -0.952. The minimum atomic E-state index is -0.525. The second-order valence-electron chi connectivity index (χ2n) is 7.41. The van der Waals surface area contributed by atoms with Gasteiger partial charge in [-0.2, -0.15) is 0 Å². The molecule has 0 aliphatic heterocycles. The summed E-state index contributed by atoms with van der Waals surface area (Å²) in [7, 11) is 0. The van der Waals surface area contributed by atoms with Gasteiger partial charge in [-0.25, -0.2) is 0 Å². The molecule has 7 heteroatoms. The van der Waals surface area contributed by atoms with Gasteiger partial charge in [0.2, 0.25) is 5.91 Å². The van der Waals surface area contributed by atoms with E-state index in [-0.39, 0.29) is 29.9 Å². The first-order valence-electron chi connectivity index (χ1n) is 9.93. The second-order valence-corrected chi connectivity index (χ2v) is 8.39. The third-order valence-electron chi connectivity index (χ3n) is 4.86. The number of fused-ring (bicyclic) bond motifs is 1. The van der Waals surface area contributed by atoms with Crippen LogP contribution in [0.1, 0.15) is 28.7 Å². The van der Waals surface area contributed by atoms with Crippen LogP contribution in [-0.4, -0.2) is 35.9 Å². The van der Waals surface area contributed by atoms with Crippen molar-refractivity contribution < 1.29 is 19.1 Å². The van der Waals surface area contributed by atoms with Crippen molar-refractivity contribution in [2.24, 2.45) is 0 Å². The van der Waals surface area contributed by atoms with Crippen LogP contribution in [0.5, 0.6) is 0 Å². The van der Waals surface area contributed by atoms with Gasteiger partial charge in [-0.1, -0.05) is 23.8 Å². The van der Waals surface area contributed by atoms with Crippen molar-refractivity contribution >= 4 is 40.9 Å². The Morgan fingerprint density at radius 3 is 2.53 bits per heavy atom. The highest BCUT2D eigenvalue weighted by Crippen LogP contribution is 2.24. The van der Waals surface area contributed by atoms with E-state index in [2.05, 4.69) is 10.6 Å². The van der Waals surface area contributed by atoms with Gasteiger partial charge < -0.3 is 15.4 Å². The highest BCUT2D eigenvalue weighted by molar-refractivity contribution is 8.00. The van der Waals surface area contributed by atoms with Gasteiger partial charge in [0.05, 0.1) is 11.5 Å². The summed E-state index contributed by atoms with van der Waals surface area (Å²) in [6.07, 6.45) is 3.26. The van der Waals surface area contributed by atoms with E-state index in [1.807, 2.05) is 50.2 Å². The Hall–Kier alpha value is -2.80. The molecular formula is C23H26N2O4S. The monoisotopic (exact) mass is 426 g/mol. The molecule has 2 amide bonds. The SMILES string of the molecule is Cc1ccc(NC(=O)CSCC(=O)OCC(=O)Nc2ccc3c(c2)CCC3)c(C)c1. The number of benzene rings is 2. The summed E-state index contributed by atoms with van der Waals surface area (Å²) in [4.78, 5) is 35.9. The largest absolute Gasteiger partial charge is 0.455 e. The van der Waals surface area contributed by atoms with E-state index in [1.165, 1.54) is 11.1 Å². The van der Waals surface area contributed by atoms with Crippen LogP contribution in [0.15, 0.2) is 36.4 Å². The number of hydrogen-bond acceptors (Lipinski definition) is 5. The molecule has 3 rings (SSSR count). The Morgan fingerprint density at radius 2 is 1.73 bits per heavy atom. The molecule has 0 atom stereocenters. The molecule has 6 nitrogen and oxygen atoms in total. The number of anilines is 2. The molecule has 2 aromatic carbocycles. The average molecular weight is 427 g/mol. The van der Waals surface area contributed by atoms with Crippen LogP contribution < -0.4 is 10.6 Å². The predicted molar refractivity (Wildman–Crippen MR) is 120 cm³/mol. The minimum absolute atomic E-state index is 0.00637. The van der Waals surface area contributed by atoms with Gasteiger partial charge in [0, 0.05) is 11.4 Å². The van der Waals surface area contributed by atoms with Crippen LogP contribution in [0.25, 0.3) is 0 Å². The zero-order valence-electron chi connectivity index (χ0n) is 17.2. The highest BCUT2D eigenvalue weighted by Gasteiger charge is 2.13. The smallest absolute Gasteiger partial charge is 0.316 e. The molecular weight excluding hydrogens is 400 g/mol. The van der Waals surface area contributed by atoms with Gasteiger partial charge in [0.15, 0.2) is 6.61 Å². The Kier molecular flexibility index (Phi) is 7.52. The number of carbonyl (C=O) groups excluding carboxylic acids is 3. The number of thioether (sulfide) groups is 1. The summed E-state index contributed by atoms with van der Waals surface area (Å²) in [6, 6.07) is 11.7. The first-order chi connectivity index (χ1) is 14.4. The minimum Gasteiger partial charge on any atom is -0.455 e. The number of esters is 1. The van der Waals surface area contributed by atoms with Gasteiger partial charge >= 0.3 is 5.97 Å². The van der Waals surface area contributed by atoms with Crippen molar-refractivity contribution in [1.82, 2.24) is 0 Å². The molecule has 0 unspecified atom stereocenters. The van der Waals surface area contributed by atoms with Gasteiger partial charge in [-0.3, -0.25) is 14.4 Å². The van der Waals surface area contributed by atoms with E-state index in [1.54, 1.807) is 0 Å². The number of rotatable bonds is 8. The fourth-order valence-electron chi connectivity index (χ4n) is 3.40. The topological polar surface area (TPSA) is 84.5 Å². The molecule has 0 fully saturated rings. The lowest BCUT2D eigenvalue weighted by molar-refractivity contribution is -0.144. The van der Waals surface area contributed by atoms with Gasteiger partial charge in [-0.05, 0) is 68.0 Å². The summed E-state index contributed by atoms with van der Waals surface area (Å²) in [5.41, 5.74) is 6.19. The Bertz CT molecular complexity index is 958. The molecule has 0 aromatic heterocycles. The first-order valence-corrected chi connectivity index (χ1v) is 11.1. The molecule has 2 aromatic rings. The maximum absolute atomic E-state index is 12.0. The van der Waals surface area contributed by atoms with E-state index in [0.29, 0.717) is 5.69 Å². The van der Waals surface area contributed by atoms with Crippen molar-refractivity contribution in [3.8, 4) is 0 Å². The van der Waals surface area contributed by atoms with Crippen molar-refractivity contribution in [3.63, 3.8) is 0 Å². The molecule has 1 aliphatic rings. The lowest BCUT2D eigenvalue weighted by atomic mass is 10.1. The number of amides is 2. The number of ether oxygens (including phenoxy) is 1. The number of aryl methyl sites for hydroxylation is 4. The van der Waals surface area contributed by atoms with Crippen LogP contribution >= 0.6 is 11.8 Å². The van der Waals surface area contributed by atoms with Crippen LogP contribution in [0.2, 0.25) is 0 Å². The molecule has 0 radical (unpaired) electrons. The quantitative estimate of drug-likeness (QED) is 0.630. The van der Waals surface area contributed by atoms with Gasteiger partial charge in [0.1, 0.15) is 0 Å². The van der Waals surface area contributed by atoms with Crippen molar-refractivity contribution in [2.45, 2.75) is 33.1 Å². The zero-order chi connectivity index (χ0) is 21.5. The van der Waals surface area contributed by atoms with Crippen molar-refractivity contribution in [1.29, 1.82) is 0 Å². The van der Waals surface area contributed by atoms with Crippen LogP contribution in [0.4, 0.5) is 11.4 Å². The Morgan fingerprint density at radius 1 is 0.933 bits per heavy atom. The predicted octanol–water partition coefficient (Wildman–Crippen LogP) is 3.65. The molecule has 0 heterocycles. The molecule has 0 bridgehead atoms. The molecule has 0 saturated carbocycles. The number of nitrogens with one attached hydrogen (secondary N) is 2. The van der Waals surface area contributed by atoms with E-state index in [9.17, 15) is 14.4 Å². The summed E-state index contributed by atoms with van der Waals surface area (Å²) < 4.78 is 5.00.